The highest BCUT2D eigenvalue weighted by Crippen LogP contribution is 2.23. The molecule has 6 nitrogen and oxygen atoms in total. The largest absolute Gasteiger partial charge is 0.617 e. The number of hydrogen-bond donors (Lipinski definition) is 1. The van der Waals surface area contributed by atoms with Gasteiger partial charge in [-0.1, -0.05) is 30.4 Å². The number of pyridine rings is 1. The monoisotopic (exact) mass is 400 g/mol. The number of rotatable bonds is 6. The molecule has 144 valence electrons. The molecule has 0 aliphatic carbocycles. The second kappa shape index (κ2) is 8.10. The average Bonchev–Trinajstić information content (AvgIpc) is 2.69. The molecule has 0 unspecified atom stereocenters. The highest BCUT2D eigenvalue weighted by atomic mass is 32.2. The minimum atomic E-state index is -3.80. The number of hydrogen-bond acceptors (Lipinski definition) is 4. The van der Waals surface area contributed by atoms with Crippen molar-refractivity contribution in [3.05, 3.63) is 89.1 Å². The molecule has 0 aliphatic rings. The summed E-state index contributed by atoms with van der Waals surface area (Å²) in [5.74, 6) is -0.368. The molecule has 0 bridgehead atoms. The first-order valence-corrected chi connectivity index (χ1v) is 9.70. The maximum Gasteiger partial charge on any atom is 0.371 e. The van der Waals surface area contributed by atoms with Crippen LogP contribution in [0.2, 0.25) is 0 Å². The Hall–Kier alpha value is -3.39. The normalized spacial score (nSPS) is 11.5. The molecule has 0 spiro atoms. The molecule has 1 aromatic heterocycles. The van der Waals surface area contributed by atoms with E-state index in [-0.39, 0.29) is 9.63 Å². The molecular formula is C20H17FN2O4S. The first kappa shape index (κ1) is 19.4. The third kappa shape index (κ3) is 4.47. The molecule has 1 heterocycles. The fourth-order valence-electron chi connectivity index (χ4n) is 2.46. The van der Waals surface area contributed by atoms with Crippen molar-refractivity contribution >= 4 is 27.9 Å². The van der Waals surface area contributed by atoms with Crippen LogP contribution >= 0.6 is 0 Å². The van der Waals surface area contributed by atoms with Crippen molar-refractivity contribution in [1.82, 2.24) is 0 Å². The summed E-state index contributed by atoms with van der Waals surface area (Å²) in [6, 6.07) is 15.4. The number of aromatic nitrogens is 1. The lowest BCUT2D eigenvalue weighted by molar-refractivity contribution is -0.637. The van der Waals surface area contributed by atoms with Gasteiger partial charge in [0.1, 0.15) is 5.75 Å². The van der Waals surface area contributed by atoms with Gasteiger partial charge in [0, 0.05) is 6.07 Å². The fourth-order valence-corrected chi connectivity index (χ4v) is 3.55. The summed E-state index contributed by atoms with van der Waals surface area (Å²) in [4.78, 5) is 0.0946. The van der Waals surface area contributed by atoms with Crippen LogP contribution in [0.3, 0.4) is 0 Å². The Morgan fingerprint density at radius 3 is 2.46 bits per heavy atom. The Balaban J connectivity index is 1.87. The van der Waals surface area contributed by atoms with Crippen molar-refractivity contribution in [2.75, 3.05) is 11.8 Å². The molecular weight excluding hydrogens is 383 g/mol. The van der Waals surface area contributed by atoms with E-state index in [1.807, 2.05) is 0 Å². The third-order valence-corrected chi connectivity index (χ3v) is 5.31. The molecule has 8 heteroatoms. The quantitative estimate of drug-likeness (QED) is 0.390. The SMILES string of the molecule is COc1ccc(S(=O)(=O)Nc2ccccc2/C=C/c2cc[n+]([O-])c(F)c2)cc1. The maximum absolute atomic E-state index is 13.4. The number of anilines is 1. The molecule has 28 heavy (non-hydrogen) atoms. The van der Waals surface area contributed by atoms with Crippen molar-refractivity contribution < 1.29 is 22.3 Å². The van der Waals surface area contributed by atoms with Crippen molar-refractivity contribution in [2.24, 2.45) is 0 Å². The zero-order valence-electron chi connectivity index (χ0n) is 14.9. The summed E-state index contributed by atoms with van der Waals surface area (Å²) in [5.41, 5.74) is 1.42. The minimum absolute atomic E-state index is 0.0946. The smallest absolute Gasteiger partial charge is 0.371 e. The second-order valence-corrected chi connectivity index (χ2v) is 7.49. The van der Waals surface area contributed by atoms with Crippen LogP contribution in [-0.2, 0) is 10.0 Å². The van der Waals surface area contributed by atoms with Gasteiger partial charge in [-0.25, -0.2) is 8.42 Å². The molecule has 3 rings (SSSR count). The van der Waals surface area contributed by atoms with E-state index in [0.29, 0.717) is 22.6 Å². The summed E-state index contributed by atoms with van der Waals surface area (Å²) in [7, 11) is -2.30. The second-order valence-electron chi connectivity index (χ2n) is 5.81. The Morgan fingerprint density at radius 2 is 1.79 bits per heavy atom. The highest BCUT2D eigenvalue weighted by molar-refractivity contribution is 7.92. The van der Waals surface area contributed by atoms with Gasteiger partial charge in [-0.3, -0.25) is 4.72 Å². The number of nitrogens with zero attached hydrogens (tertiary/aromatic N) is 1. The summed E-state index contributed by atoms with van der Waals surface area (Å²) >= 11 is 0. The Morgan fingerprint density at radius 1 is 1.07 bits per heavy atom. The summed E-state index contributed by atoms with van der Waals surface area (Å²) < 4.78 is 46.4. The number of ether oxygens (including phenoxy) is 1. The van der Waals surface area contributed by atoms with Crippen LogP contribution in [0.5, 0.6) is 5.75 Å². The van der Waals surface area contributed by atoms with Gasteiger partial charge >= 0.3 is 5.95 Å². The zero-order chi connectivity index (χ0) is 20.1. The topological polar surface area (TPSA) is 82.3 Å². The number of methoxy groups -OCH3 is 1. The van der Waals surface area contributed by atoms with Crippen LogP contribution in [0.25, 0.3) is 12.2 Å². The number of benzene rings is 2. The van der Waals surface area contributed by atoms with E-state index >= 15 is 0 Å². The van der Waals surface area contributed by atoms with E-state index in [9.17, 15) is 18.0 Å². The molecule has 0 amide bonds. The molecule has 0 fully saturated rings. The maximum atomic E-state index is 13.4. The predicted molar refractivity (Wildman–Crippen MR) is 105 cm³/mol. The molecule has 2 aromatic carbocycles. The van der Waals surface area contributed by atoms with Crippen molar-refractivity contribution in [3.63, 3.8) is 0 Å². The van der Waals surface area contributed by atoms with Gasteiger partial charge in [0.15, 0.2) is 6.20 Å². The van der Waals surface area contributed by atoms with Gasteiger partial charge in [-0.15, -0.1) is 9.12 Å². The standard InChI is InChI=1S/C20H17FN2O4S/c1-27-17-8-10-18(11-9-17)28(25,26)22-19-5-3-2-4-16(19)7-6-15-12-13-23(24)20(21)14-15/h2-14,22H,1H3/b7-6+. The van der Waals surface area contributed by atoms with E-state index in [0.717, 1.165) is 12.3 Å². The molecule has 0 radical (unpaired) electrons. The van der Waals surface area contributed by atoms with Gasteiger partial charge in [-0.2, -0.15) is 0 Å². The van der Waals surface area contributed by atoms with Crippen molar-refractivity contribution in [3.8, 4) is 5.75 Å². The number of para-hydroxylation sites is 1. The van der Waals surface area contributed by atoms with Crippen molar-refractivity contribution in [2.45, 2.75) is 4.90 Å². The Kier molecular flexibility index (Phi) is 5.60. The van der Waals surface area contributed by atoms with Gasteiger partial charge in [0.2, 0.25) is 0 Å². The van der Waals surface area contributed by atoms with E-state index in [1.54, 1.807) is 48.6 Å². The molecule has 0 saturated carbocycles. The third-order valence-electron chi connectivity index (χ3n) is 3.93. The average molecular weight is 400 g/mol. The van der Waals surface area contributed by atoms with Crippen LogP contribution in [0.4, 0.5) is 10.1 Å². The van der Waals surface area contributed by atoms with Crippen LogP contribution in [-0.4, -0.2) is 15.5 Å². The van der Waals surface area contributed by atoms with Crippen LogP contribution in [0.15, 0.2) is 71.8 Å². The lowest BCUT2D eigenvalue weighted by Gasteiger charge is -2.11. The highest BCUT2D eigenvalue weighted by Gasteiger charge is 2.15. The van der Waals surface area contributed by atoms with E-state index in [1.165, 1.54) is 25.3 Å². The first-order chi connectivity index (χ1) is 13.4. The van der Waals surface area contributed by atoms with Gasteiger partial charge in [0.05, 0.1) is 23.8 Å². The van der Waals surface area contributed by atoms with Crippen molar-refractivity contribution in [1.29, 1.82) is 0 Å². The fraction of sp³-hybridized carbons (Fsp3) is 0.0500. The van der Waals surface area contributed by atoms with Crippen LogP contribution in [0.1, 0.15) is 11.1 Å². The Bertz CT molecular complexity index is 1110. The first-order valence-electron chi connectivity index (χ1n) is 8.22. The Labute approximate surface area is 162 Å². The molecule has 3 aromatic rings. The number of sulfonamides is 1. The minimum Gasteiger partial charge on any atom is -0.617 e. The van der Waals surface area contributed by atoms with Crippen LogP contribution in [0, 0.1) is 11.2 Å². The molecule has 0 aliphatic heterocycles. The molecule has 1 N–H and O–H groups in total. The van der Waals surface area contributed by atoms with Gasteiger partial charge in [-0.05, 0) is 41.5 Å². The molecule has 0 saturated heterocycles. The van der Waals surface area contributed by atoms with E-state index < -0.39 is 16.0 Å². The summed E-state index contributed by atoms with van der Waals surface area (Å²) in [6.45, 7) is 0. The van der Waals surface area contributed by atoms with E-state index in [4.69, 9.17) is 4.74 Å². The molecule has 0 atom stereocenters. The lowest BCUT2D eigenvalue weighted by atomic mass is 10.1. The summed E-state index contributed by atoms with van der Waals surface area (Å²) in [5, 5.41) is 11.1. The predicted octanol–water partition coefficient (Wildman–Crippen LogP) is 3.44. The van der Waals surface area contributed by atoms with Gasteiger partial charge < -0.3 is 9.94 Å². The van der Waals surface area contributed by atoms with Crippen LogP contribution < -0.4 is 14.2 Å². The van der Waals surface area contributed by atoms with E-state index in [2.05, 4.69) is 4.72 Å². The number of nitrogens with one attached hydrogen (secondary N) is 1. The zero-order valence-corrected chi connectivity index (χ0v) is 15.7. The summed E-state index contributed by atoms with van der Waals surface area (Å²) in [6.07, 6.45) is 4.28. The lowest BCUT2D eigenvalue weighted by Crippen LogP contribution is -2.30. The van der Waals surface area contributed by atoms with Gasteiger partial charge in [0.25, 0.3) is 10.0 Å². The number of halogens is 1.